The molecule has 0 bridgehead atoms. The second-order valence-corrected chi connectivity index (χ2v) is 2.93. The van der Waals surface area contributed by atoms with Crippen LogP contribution in [0.5, 0.6) is 0 Å². The molecule has 0 fully saturated rings. The minimum atomic E-state index is -0.367. The first kappa shape index (κ1) is 12.1. The van der Waals surface area contributed by atoms with Crippen LogP contribution in [-0.4, -0.2) is 41.6 Å². The Bertz CT molecular complexity index is 337. The molecule has 88 valence electrons. The van der Waals surface area contributed by atoms with Crippen LogP contribution in [0.3, 0.4) is 0 Å². The number of rotatable bonds is 6. The van der Waals surface area contributed by atoms with Crippen molar-refractivity contribution in [2.75, 3.05) is 19.6 Å². The molecule has 0 spiro atoms. The molecule has 0 aliphatic carbocycles. The van der Waals surface area contributed by atoms with Gasteiger partial charge in [-0.1, -0.05) is 5.16 Å². The fraction of sp³-hybridized carbons (Fsp3) is 0.500. The highest BCUT2D eigenvalue weighted by Gasteiger charge is 2.04. The highest BCUT2D eigenvalue weighted by atomic mass is 16.5. The van der Waals surface area contributed by atoms with Crippen molar-refractivity contribution in [3.05, 3.63) is 12.2 Å². The van der Waals surface area contributed by atoms with Gasteiger partial charge in [-0.2, -0.15) is 4.98 Å². The highest BCUT2D eigenvalue weighted by Crippen LogP contribution is 1.87. The summed E-state index contributed by atoms with van der Waals surface area (Å²) in [6, 6.07) is 0. The highest BCUT2D eigenvalue weighted by molar-refractivity contribution is 5.85. The number of nitrogens with one attached hydrogen (secondary N) is 2. The van der Waals surface area contributed by atoms with Crippen molar-refractivity contribution < 1.29 is 14.1 Å². The first-order valence-corrected chi connectivity index (χ1v) is 4.71. The Hall–Kier alpha value is -1.96. The Kier molecular flexibility index (Phi) is 4.93. The largest absolute Gasteiger partial charge is 0.354 e. The average molecular weight is 227 g/mol. The monoisotopic (exact) mass is 227 g/mol. The zero-order valence-electron chi connectivity index (χ0n) is 8.60. The molecule has 0 unspecified atom stereocenters. The lowest BCUT2D eigenvalue weighted by molar-refractivity contribution is -0.125. The maximum atomic E-state index is 11.2. The molecule has 0 saturated carbocycles. The van der Waals surface area contributed by atoms with Gasteiger partial charge >= 0.3 is 0 Å². The van der Waals surface area contributed by atoms with Crippen LogP contribution in [0.4, 0.5) is 0 Å². The Balaban J connectivity index is 2.09. The van der Waals surface area contributed by atoms with E-state index in [1.54, 1.807) is 0 Å². The molecule has 0 aliphatic heterocycles. The average Bonchev–Trinajstić information content (AvgIpc) is 2.79. The second-order valence-electron chi connectivity index (χ2n) is 2.93. The molecular weight excluding hydrogens is 214 g/mol. The van der Waals surface area contributed by atoms with Crippen LogP contribution in [0.15, 0.2) is 10.9 Å². The number of nitrogens with zero attached hydrogens (tertiary/aromatic N) is 2. The fourth-order valence-electron chi connectivity index (χ4n) is 0.930. The third kappa shape index (κ3) is 4.51. The summed E-state index contributed by atoms with van der Waals surface area (Å²) in [6.07, 6.45) is 1.70. The van der Waals surface area contributed by atoms with E-state index in [4.69, 9.17) is 5.73 Å². The standard InChI is InChI=1S/C8H13N5O3/c9-3-7(14)11-4-8(15)10-2-1-6-12-5-16-13-6/h5H,1-4,9H2,(H,10,15)(H,11,14). The summed E-state index contributed by atoms with van der Waals surface area (Å²) in [5, 5.41) is 8.51. The molecule has 0 atom stereocenters. The summed E-state index contributed by atoms with van der Waals surface area (Å²) in [5.41, 5.74) is 5.05. The summed E-state index contributed by atoms with van der Waals surface area (Å²) < 4.78 is 4.52. The Labute approximate surface area is 91.6 Å². The van der Waals surface area contributed by atoms with Gasteiger partial charge < -0.3 is 20.9 Å². The van der Waals surface area contributed by atoms with E-state index in [9.17, 15) is 9.59 Å². The fourth-order valence-corrected chi connectivity index (χ4v) is 0.930. The van der Waals surface area contributed by atoms with Gasteiger partial charge in [-0.25, -0.2) is 0 Å². The molecule has 1 aromatic heterocycles. The lowest BCUT2D eigenvalue weighted by atomic mass is 10.4. The predicted octanol–water partition coefficient (Wildman–Crippen LogP) is -2.20. The van der Waals surface area contributed by atoms with E-state index < -0.39 is 0 Å². The molecule has 4 N–H and O–H groups in total. The molecule has 1 rings (SSSR count). The van der Waals surface area contributed by atoms with Crippen molar-refractivity contribution in [3.8, 4) is 0 Å². The van der Waals surface area contributed by atoms with Crippen molar-refractivity contribution in [1.29, 1.82) is 0 Å². The lowest BCUT2D eigenvalue weighted by Crippen LogP contribution is -2.40. The molecule has 16 heavy (non-hydrogen) atoms. The topological polar surface area (TPSA) is 123 Å². The van der Waals surface area contributed by atoms with E-state index in [1.165, 1.54) is 6.39 Å². The molecule has 0 radical (unpaired) electrons. The number of carbonyl (C=O) groups is 2. The van der Waals surface area contributed by atoms with Gasteiger partial charge in [-0.3, -0.25) is 9.59 Å². The maximum Gasteiger partial charge on any atom is 0.239 e. The maximum absolute atomic E-state index is 11.2. The number of nitrogens with two attached hydrogens (primary N) is 1. The van der Waals surface area contributed by atoms with Crippen LogP contribution in [0.25, 0.3) is 0 Å². The third-order valence-electron chi connectivity index (χ3n) is 1.71. The zero-order valence-corrected chi connectivity index (χ0v) is 8.60. The molecule has 8 heteroatoms. The predicted molar refractivity (Wildman–Crippen MR) is 53.1 cm³/mol. The number of carbonyl (C=O) groups excluding carboxylic acids is 2. The van der Waals surface area contributed by atoms with Crippen LogP contribution < -0.4 is 16.4 Å². The van der Waals surface area contributed by atoms with Gasteiger partial charge in [-0.05, 0) is 0 Å². The molecule has 1 aromatic rings. The molecule has 0 saturated heterocycles. The number of amides is 2. The number of hydrogen-bond donors (Lipinski definition) is 3. The minimum absolute atomic E-state index is 0.0811. The van der Waals surface area contributed by atoms with Gasteiger partial charge in [0, 0.05) is 13.0 Å². The van der Waals surface area contributed by atoms with Gasteiger partial charge in [0.05, 0.1) is 13.1 Å². The molecule has 2 amide bonds. The molecular formula is C8H13N5O3. The summed E-state index contributed by atoms with van der Waals surface area (Å²) in [4.78, 5) is 25.7. The molecule has 1 heterocycles. The Morgan fingerprint density at radius 1 is 1.38 bits per heavy atom. The molecule has 8 nitrogen and oxygen atoms in total. The van der Waals surface area contributed by atoms with Crippen LogP contribution in [-0.2, 0) is 16.0 Å². The van der Waals surface area contributed by atoms with Crippen molar-refractivity contribution in [2.24, 2.45) is 5.73 Å². The van der Waals surface area contributed by atoms with Crippen LogP contribution in [0.1, 0.15) is 5.82 Å². The van der Waals surface area contributed by atoms with Crippen molar-refractivity contribution >= 4 is 11.8 Å². The lowest BCUT2D eigenvalue weighted by Gasteiger charge is -2.04. The molecule has 0 aliphatic rings. The molecule has 0 aromatic carbocycles. The first-order chi connectivity index (χ1) is 7.72. The van der Waals surface area contributed by atoms with Gasteiger partial charge in [0.15, 0.2) is 5.82 Å². The quantitative estimate of drug-likeness (QED) is 0.507. The van der Waals surface area contributed by atoms with E-state index >= 15 is 0 Å². The van der Waals surface area contributed by atoms with E-state index in [-0.39, 0.29) is 24.9 Å². The van der Waals surface area contributed by atoms with Gasteiger partial charge in [0.1, 0.15) is 0 Å². The Morgan fingerprint density at radius 2 is 2.19 bits per heavy atom. The second kappa shape index (κ2) is 6.51. The van der Waals surface area contributed by atoms with Crippen molar-refractivity contribution in [3.63, 3.8) is 0 Å². The van der Waals surface area contributed by atoms with Gasteiger partial charge in [-0.15, -0.1) is 0 Å². The SMILES string of the molecule is NCC(=O)NCC(=O)NCCc1ncon1. The summed E-state index contributed by atoms with van der Waals surface area (Å²) in [6.45, 7) is 0.176. The van der Waals surface area contributed by atoms with E-state index in [0.717, 1.165) is 0 Å². The minimum Gasteiger partial charge on any atom is -0.354 e. The van der Waals surface area contributed by atoms with Crippen LogP contribution in [0.2, 0.25) is 0 Å². The van der Waals surface area contributed by atoms with Gasteiger partial charge in [0.2, 0.25) is 18.2 Å². The third-order valence-corrected chi connectivity index (χ3v) is 1.71. The van der Waals surface area contributed by atoms with E-state index in [1.807, 2.05) is 0 Å². The zero-order chi connectivity index (χ0) is 11.8. The van der Waals surface area contributed by atoms with Crippen LogP contribution in [0, 0.1) is 0 Å². The number of hydrogen-bond acceptors (Lipinski definition) is 6. The van der Waals surface area contributed by atoms with Crippen LogP contribution >= 0.6 is 0 Å². The normalized spacial score (nSPS) is 9.81. The van der Waals surface area contributed by atoms with Crippen molar-refractivity contribution in [2.45, 2.75) is 6.42 Å². The van der Waals surface area contributed by atoms with E-state index in [0.29, 0.717) is 18.8 Å². The number of aromatic nitrogens is 2. The summed E-state index contributed by atoms with van der Waals surface area (Å²) in [7, 11) is 0. The summed E-state index contributed by atoms with van der Waals surface area (Å²) in [5.74, 6) is -0.134. The smallest absolute Gasteiger partial charge is 0.239 e. The summed E-state index contributed by atoms with van der Waals surface area (Å²) >= 11 is 0. The first-order valence-electron chi connectivity index (χ1n) is 4.71. The van der Waals surface area contributed by atoms with Crippen molar-refractivity contribution in [1.82, 2.24) is 20.8 Å². The van der Waals surface area contributed by atoms with Gasteiger partial charge in [0.25, 0.3) is 0 Å². The Morgan fingerprint density at radius 3 is 2.81 bits per heavy atom. The van der Waals surface area contributed by atoms with E-state index in [2.05, 4.69) is 25.3 Å².